The predicted octanol–water partition coefficient (Wildman–Crippen LogP) is 5.06. The molecule has 0 radical (unpaired) electrons. The number of aromatic nitrogens is 1. The minimum Gasteiger partial charge on any atom is -0.394 e. The largest absolute Gasteiger partial charge is 0.434 e. The number of halogens is 5. The third kappa shape index (κ3) is 3.79. The average Bonchev–Trinajstić information content (AvgIpc) is 3.37. The van der Waals surface area contributed by atoms with E-state index in [1.165, 1.54) is 34.4 Å². The van der Waals surface area contributed by atoms with Gasteiger partial charge in [0.1, 0.15) is 5.82 Å². The molecule has 1 fully saturated rings. The number of nitrogens with zero attached hydrogens (tertiary/aromatic N) is 3. The highest BCUT2D eigenvalue weighted by molar-refractivity contribution is 6.31. The van der Waals surface area contributed by atoms with Crippen molar-refractivity contribution in [3.63, 3.8) is 0 Å². The van der Waals surface area contributed by atoms with E-state index in [0.29, 0.717) is 18.1 Å². The Morgan fingerprint density at radius 3 is 2.69 bits per heavy atom. The van der Waals surface area contributed by atoms with Gasteiger partial charge < -0.3 is 10.0 Å². The summed E-state index contributed by atoms with van der Waals surface area (Å²) < 4.78 is 39.7. The quantitative estimate of drug-likeness (QED) is 0.661. The summed E-state index contributed by atoms with van der Waals surface area (Å²) in [5.74, 6) is 0.282. The lowest BCUT2D eigenvalue weighted by Gasteiger charge is -2.40. The van der Waals surface area contributed by atoms with Gasteiger partial charge in [0.15, 0.2) is 5.69 Å². The molecule has 1 aromatic heterocycles. The van der Waals surface area contributed by atoms with Gasteiger partial charge in [-0.1, -0.05) is 29.3 Å². The first kappa shape index (κ1) is 22.0. The lowest BCUT2D eigenvalue weighted by atomic mass is 9.91. The Balaban J connectivity index is 1.36. The van der Waals surface area contributed by atoms with Gasteiger partial charge in [-0.3, -0.25) is 4.90 Å². The second-order valence-electron chi connectivity index (χ2n) is 8.55. The second kappa shape index (κ2) is 8.20. The van der Waals surface area contributed by atoms with Crippen LogP contribution < -0.4 is 4.90 Å². The first-order valence-electron chi connectivity index (χ1n) is 10.6. The van der Waals surface area contributed by atoms with Gasteiger partial charge in [0, 0.05) is 30.7 Å². The molecule has 1 aliphatic carbocycles. The summed E-state index contributed by atoms with van der Waals surface area (Å²) in [6, 6.07) is 8.78. The molecular formula is C23H22Cl2F3N3O. The molecule has 1 saturated heterocycles. The summed E-state index contributed by atoms with van der Waals surface area (Å²) in [7, 11) is 0. The Hall–Kier alpha value is -1.80. The van der Waals surface area contributed by atoms with E-state index >= 15 is 0 Å². The van der Waals surface area contributed by atoms with Crippen LogP contribution in [0.5, 0.6) is 0 Å². The number of aliphatic hydroxyl groups excluding tert-OH is 1. The Labute approximate surface area is 194 Å². The second-order valence-corrected chi connectivity index (χ2v) is 9.40. The first-order chi connectivity index (χ1) is 15.3. The van der Waals surface area contributed by atoms with Crippen molar-refractivity contribution in [2.24, 2.45) is 0 Å². The molecule has 4 nitrogen and oxygen atoms in total. The van der Waals surface area contributed by atoms with Gasteiger partial charge in [0.2, 0.25) is 0 Å². The molecule has 1 aromatic carbocycles. The number of rotatable bonds is 3. The maximum Gasteiger partial charge on any atom is 0.434 e. The van der Waals surface area contributed by atoms with Crippen molar-refractivity contribution in [3.05, 3.63) is 62.8 Å². The van der Waals surface area contributed by atoms with Crippen molar-refractivity contribution in [2.75, 3.05) is 31.1 Å². The van der Waals surface area contributed by atoms with Gasteiger partial charge in [-0.25, -0.2) is 4.98 Å². The number of aliphatic hydroxyl groups is 1. The molecule has 0 spiro atoms. The number of hydrogen-bond donors (Lipinski definition) is 1. The zero-order chi connectivity index (χ0) is 22.6. The van der Waals surface area contributed by atoms with Crippen molar-refractivity contribution in [3.8, 4) is 0 Å². The molecule has 170 valence electrons. The molecule has 9 heteroatoms. The first-order valence-corrected chi connectivity index (χ1v) is 11.4. The summed E-state index contributed by atoms with van der Waals surface area (Å²) in [6.45, 7) is 1.96. The van der Waals surface area contributed by atoms with E-state index in [2.05, 4.69) is 16.0 Å². The Morgan fingerprint density at radius 2 is 1.94 bits per heavy atom. The zero-order valence-electron chi connectivity index (χ0n) is 17.2. The Bertz CT molecular complexity index is 1090. The summed E-state index contributed by atoms with van der Waals surface area (Å²) in [5, 5.41) is 10.6. The molecule has 3 aliphatic rings. The molecule has 2 atom stereocenters. The molecule has 0 saturated carbocycles. The molecule has 0 bridgehead atoms. The smallest absolute Gasteiger partial charge is 0.394 e. The van der Waals surface area contributed by atoms with Crippen LogP contribution in [-0.4, -0.2) is 53.3 Å². The van der Waals surface area contributed by atoms with Crippen LogP contribution in [0.3, 0.4) is 0 Å². The number of benzene rings is 1. The number of hydrogen-bond acceptors (Lipinski definition) is 4. The predicted molar refractivity (Wildman–Crippen MR) is 119 cm³/mol. The lowest BCUT2D eigenvalue weighted by molar-refractivity contribution is -0.141. The minimum absolute atomic E-state index is 0.00840. The summed E-state index contributed by atoms with van der Waals surface area (Å²) in [5.41, 5.74) is 3.88. The topological polar surface area (TPSA) is 39.6 Å². The number of fused-ring (bicyclic) bond motifs is 2. The molecule has 5 rings (SSSR count). The number of anilines is 1. The van der Waals surface area contributed by atoms with E-state index in [0.717, 1.165) is 25.8 Å². The van der Waals surface area contributed by atoms with Crippen molar-refractivity contribution in [1.82, 2.24) is 9.88 Å². The van der Waals surface area contributed by atoms with Crippen LogP contribution in [0.4, 0.5) is 19.0 Å². The van der Waals surface area contributed by atoms with Crippen molar-refractivity contribution >= 4 is 34.6 Å². The summed E-state index contributed by atoms with van der Waals surface area (Å²) in [6.07, 6.45) is -2.13. The van der Waals surface area contributed by atoms with Crippen molar-refractivity contribution < 1.29 is 18.3 Å². The SMILES string of the molecule is OCC1C2=C(CCN1C1CCN(c3ccc(Cl)c(C(F)(F)F)n3)C1)c1cc(Cl)ccc1C2. The van der Waals surface area contributed by atoms with Crippen molar-refractivity contribution in [1.29, 1.82) is 0 Å². The van der Waals surface area contributed by atoms with Crippen LogP contribution in [0.1, 0.15) is 29.7 Å². The lowest BCUT2D eigenvalue weighted by Crippen LogP contribution is -2.50. The number of pyridine rings is 1. The van der Waals surface area contributed by atoms with Crippen LogP contribution in [0.15, 0.2) is 35.9 Å². The molecular weight excluding hydrogens is 462 g/mol. The fraction of sp³-hybridized carbons (Fsp3) is 0.435. The highest BCUT2D eigenvalue weighted by atomic mass is 35.5. The minimum atomic E-state index is -4.59. The van der Waals surface area contributed by atoms with E-state index in [-0.39, 0.29) is 24.5 Å². The van der Waals surface area contributed by atoms with E-state index in [4.69, 9.17) is 23.2 Å². The third-order valence-electron chi connectivity index (χ3n) is 6.82. The molecule has 2 aliphatic heterocycles. The normalized spacial score (nSPS) is 23.6. The number of alkyl halides is 3. The fourth-order valence-electron chi connectivity index (χ4n) is 5.36. The third-order valence-corrected chi connectivity index (χ3v) is 7.36. The van der Waals surface area contributed by atoms with E-state index in [1.807, 2.05) is 17.0 Å². The highest BCUT2D eigenvalue weighted by Crippen LogP contribution is 2.43. The van der Waals surface area contributed by atoms with Gasteiger partial charge >= 0.3 is 6.18 Å². The van der Waals surface area contributed by atoms with Crippen LogP contribution in [0.25, 0.3) is 5.57 Å². The molecule has 3 heterocycles. The molecule has 32 heavy (non-hydrogen) atoms. The average molecular weight is 484 g/mol. The zero-order valence-corrected chi connectivity index (χ0v) is 18.7. The molecule has 0 amide bonds. The standard InChI is InChI=1S/C23H22Cl2F3N3O/c24-14-2-1-13-9-18-16(17(13)10-14)6-8-31(20(18)12-32)15-5-7-30(11-15)21-4-3-19(25)22(29-21)23(26,27)28/h1-4,10,15,20,32H,5-9,11-12H2. The maximum absolute atomic E-state index is 13.2. The molecule has 2 aromatic rings. The van der Waals surface area contributed by atoms with E-state index in [9.17, 15) is 18.3 Å². The van der Waals surface area contributed by atoms with Crippen molar-refractivity contribution in [2.45, 2.75) is 37.5 Å². The van der Waals surface area contributed by atoms with Gasteiger partial charge in [0.05, 0.1) is 17.7 Å². The van der Waals surface area contributed by atoms with E-state index < -0.39 is 16.9 Å². The monoisotopic (exact) mass is 483 g/mol. The molecule has 2 unspecified atom stereocenters. The highest BCUT2D eigenvalue weighted by Gasteiger charge is 2.40. The maximum atomic E-state index is 13.2. The van der Waals surface area contributed by atoms with Gasteiger partial charge in [-0.2, -0.15) is 13.2 Å². The van der Waals surface area contributed by atoms with Gasteiger partial charge in [0.25, 0.3) is 0 Å². The summed E-state index contributed by atoms with van der Waals surface area (Å²) in [4.78, 5) is 8.00. The summed E-state index contributed by atoms with van der Waals surface area (Å²) >= 11 is 11.9. The van der Waals surface area contributed by atoms with Gasteiger partial charge in [-0.15, -0.1) is 0 Å². The fourth-order valence-corrected chi connectivity index (χ4v) is 5.74. The van der Waals surface area contributed by atoms with Gasteiger partial charge in [-0.05, 0) is 65.8 Å². The molecule has 1 N–H and O–H groups in total. The van der Waals surface area contributed by atoms with Crippen LogP contribution in [0.2, 0.25) is 10.0 Å². The Morgan fingerprint density at radius 1 is 1.12 bits per heavy atom. The van der Waals surface area contributed by atoms with Crippen LogP contribution in [-0.2, 0) is 12.6 Å². The van der Waals surface area contributed by atoms with E-state index in [1.54, 1.807) is 0 Å². The Kier molecular flexibility index (Phi) is 5.64. The van der Waals surface area contributed by atoms with Crippen LogP contribution >= 0.6 is 23.2 Å². The van der Waals surface area contributed by atoms with Crippen LogP contribution in [0, 0.1) is 0 Å².